The first-order valence-corrected chi connectivity index (χ1v) is 30.1. The zero-order chi connectivity index (χ0) is 53.9. The second kappa shape index (κ2) is 21.9. The van der Waals surface area contributed by atoms with Crippen LogP contribution in [0.2, 0.25) is 0 Å². The Labute approximate surface area is 424 Å². The molecular formula is C44H56N5O17S6+. The lowest BCUT2D eigenvalue weighted by Gasteiger charge is -2.35. The van der Waals surface area contributed by atoms with E-state index in [-0.39, 0.29) is 58.3 Å². The normalized spacial score (nSPS) is 20.1. The number of rotatable bonds is 22. The van der Waals surface area contributed by atoms with Crippen molar-refractivity contribution >= 4 is 96.9 Å². The monoisotopic (exact) mass is 1120 g/mol. The Kier molecular flexibility index (Phi) is 17.7. The zero-order valence-electron chi connectivity index (χ0n) is 39.5. The van der Waals surface area contributed by atoms with Gasteiger partial charge in [-0.2, -0.15) is 46.7 Å². The van der Waals surface area contributed by atoms with Crippen LogP contribution in [0.3, 0.4) is 0 Å². The van der Waals surface area contributed by atoms with Gasteiger partial charge >= 0.3 is 0 Å². The molecule has 22 nitrogen and oxygen atoms in total. The van der Waals surface area contributed by atoms with Gasteiger partial charge in [-0.1, -0.05) is 32.1 Å². The van der Waals surface area contributed by atoms with Crippen molar-refractivity contribution in [2.24, 2.45) is 10.4 Å². The van der Waals surface area contributed by atoms with Crippen molar-refractivity contribution in [3.63, 3.8) is 0 Å². The molecule has 1 atom stereocenters. The first-order valence-electron chi connectivity index (χ1n) is 22.0. The number of isothiocyanates is 1. The van der Waals surface area contributed by atoms with E-state index in [0.29, 0.717) is 45.1 Å². The molecule has 0 bridgehead atoms. The van der Waals surface area contributed by atoms with E-state index < -0.39 is 112 Å². The van der Waals surface area contributed by atoms with Crippen LogP contribution < -0.4 is 15.5 Å². The Morgan fingerprint density at radius 2 is 1.29 bits per heavy atom. The van der Waals surface area contributed by atoms with Crippen molar-refractivity contribution in [3.05, 3.63) is 94.7 Å². The maximum atomic E-state index is 14.6. The number of carbonyl (C=O) groups excluding carboxylic acids is 2. The lowest BCUT2D eigenvalue weighted by molar-refractivity contribution is -0.437. The van der Waals surface area contributed by atoms with E-state index in [1.807, 2.05) is 0 Å². The van der Waals surface area contributed by atoms with Gasteiger partial charge in [-0.3, -0.25) is 32.4 Å². The molecule has 3 aliphatic rings. The first-order chi connectivity index (χ1) is 33.1. The van der Waals surface area contributed by atoms with E-state index in [9.17, 15) is 74.4 Å². The van der Waals surface area contributed by atoms with Crippen LogP contribution in [0.15, 0.2) is 98.4 Å². The van der Waals surface area contributed by atoms with Crippen LogP contribution in [0.4, 0.5) is 11.4 Å². The number of thiocarbonyl (C=S) groups is 1. The minimum absolute atomic E-state index is 0.00232. The lowest BCUT2D eigenvalue weighted by atomic mass is 9.70. The largest absolute Gasteiger partial charge is 0.355 e. The number of hydrogen-bond acceptors (Lipinski definition) is 15. The van der Waals surface area contributed by atoms with Gasteiger partial charge in [0.2, 0.25) is 17.5 Å². The van der Waals surface area contributed by atoms with Gasteiger partial charge in [-0.25, -0.2) is 4.99 Å². The second-order valence-electron chi connectivity index (χ2n) is 18.4. The number of benzene rings is 2. The molecule has 1 aliphatic carbocycles. The summed E-state index contributed by atoms with van der Waals surface area (Å²) >= 11 is 4.64. The van der Waals surface area contributed by atoms with E-state index in [1.165, 1.54) is 36.4 Å². The maximum Gasteiger partial charge on any atom is 0.294 e. The highest BCUT2D eigenvalue weighted by molar-refractivity contribution is 7.86. The Morgan fingerprint density at radius 1 is 0.722 bits per heavy atom. The number of amides is 2. The Bertz CT molecular complexity index is 3320. The van der Waals surface area contributed by atoms with Crippen molar-refractivity contribution in [1.29, 1.82) is 0 Å². The zero-order valence-corrected chi connectivity index (χ0v) is 44.4. The molecule has 0 saturated carbocycles. The summed E-state index contributed by atoms with van der Waals surface area (Å²) < 4.78 is 170. The number of aliphatic imine (C=N–C) groups is 1. The van der Waals surface area contributed by atoms with Crippen LogP contribution in [0, 0.1) is 5.41 Å². The molecule has 2 aromatic carbocycles. The average molecular weight is 1120 g/mol. The predicted molar refractivity (Wildman–Crippen MR) is 270 cm³/mol. The fraction of sp³-hybridized carbons (Fsp3) is 0.455. The van der Waals surface area contributed by atoms with E-state index in [2.05, 4.69) is 33.0 Å². The number of allylic oxidation sites excluding steroid dienone is 8. The molecule has 28 heteroatoms. The van der Waals surface area contributed by atoms with Crippen molar-refractivity contribution < 1.29 is 79.0 Å². The summed E-state index contributed by atoms with van der Waals surface area (Å²) in [4.78, 5) is 33.9. The first kappa shape index (κ1) is 58.1. The van der Waals surface area contributed by atoms with Gasteiger partial charge < -0.3 is 15.5 Å². The third-order valence-corrected chi connectivity index (χ3v) is 16.7. The third kappa shape index (κ3) is 14.3. The van der Waals surface area contributed by atoms with Gasteiger partial charge in [-0.15, -0.1) is 0 Å². The van der Waals surface area contributed by atoms with Crippen LogP contribution in [-0.2, 0) is 71.0 Å². The molecule has 2 aliphatic heterocycles. The van der Waals surface area contributed by atoms with E-state index in [0.717, 1.165) is 0 Å². The smallest absolute Gasteiger partial charge is 0.294 e. The molecule has 2 amide bonds. The van der Waals surface area contributed by atoms with Crippen LogP contribution >= 0.6 is 12.2 Å². The highest BCUT2D eigenvalue weighted by atomic mass is 32.2. The Morgan fingerprint density at radius 3 is 1.88 bits per heavy atom. The van der Waals surface area contributed by atoms with Crippen LogP contribution in [0.5, 0.6) is 0 Å². The predicted octanol–water partition coefficient (Wildman–Crippen LogP) is 3.60. The molecule has 2 heterocycles. The molecule has 72 heavy (non-hydrogen) atoms. The summed E-state index contributed by atoms with van der Waals surface area (Å²) in [6.07, 6.45) is 7.51. The van der Waals surface area contributed by atoms with Gasteiger partial charge in [0.1, 0.15) is 12.0 Å². The van der Waals surface area contributed by atoms with Gasteiger partial charge in [0.15, 0.2) is 5.71 Å². The standard InChI is InChI=1S/C44H55N5O17S6/c1-42(2)34-25-32(71(61,62)63)10-12-36(34)48(19-6-21-68(52,53)54)38(42)14-8-30-24-31(28-44(27-30,40(50)46-17-5-16-45-29-67)41(51)47-18-23-70(58,59)60)9-15-39-43(3,4)35-26-33(72(64,65)66)11-13-37(35)49(39)20-7-22-69(55,56)57/h8-15,24-26H,5-7,16-23,27-28H2,1-4H3,(H6-,46,47,50,51,52,53,54,55,56,57,58,59,60,61,62,63,64,65,66)/p+1. The fourth-order valence-electron chi connectivity index (χ4n) is 9.07. The molecule has 1 unspecified atom stereocenters. The summed E-state index contributed by atoms with van der Waals surface area (Å²) in [7, 11) is -22.8. The topological polar surface area (TPSA) is 349 Å². The number of hydrogen-bond donors (Lipinski definition) is 7. The number of carbonyl (C=O) groups is 2. The van der Waals surface area contributed by atoms with Gasteiger partial charge in [0.25, 0.3) is 50.6 Å². The van der Waals surface area contributed by atoms with Gasteiger partial charge in [-0.05, 0) is 105 Å². The molecule has 0 fully saturated rings. The summed E-state index contributed by atoms with van der Waals surface area (Å²) in [5.74, 6) is -3.87. The number of nitrogens with one attached hydrogen (secondary N) is 2. The van der Waals surface area contributed by atoms with Crippen LogP contribution in [-0.4, -0.2) is 142 Å². The van der Waals surface area contributed by atoms with Crippen LogP contribution in [0.1, 0.15) is 70.9 Å². The van der Waals surface area contributed by atoms with Crippen molar-refractivity contribution in [1.82, 2.24) is 10.6 Å². The summed E-state index contributed by atoms with van der Waals surface area (Å²) in [5.41, 5.74) is -0.871. The molecule has 0 saturated heterocycles. The Balaban J connectivity index is 1.74. The fourth-order valence-corrected chi connectivity index (χ4v) is 11.5. The SMILES string of the molecule is CC1(C)C(/C=C/C2=CC(=C/C=C3/N(CCCS(=O)(=O)O)c4ccc(S(=O)(=O)O)cc4C3(C)C)/CC(C(=O)NCCCN=C=S)(C(=O)NCCS(=O)(=O)O)C2)=[N+](CCCS(=O)(=O)O)c2ccc(S(=O)(=O)O)cc21. The molecule has 7 N–H and O–H groups in total. The molecule has 5 rings (SSSR count). The minimum Gasteiger partial charge on any atom is -0.355 e. The van der Waals surface area contributed by atoms with E-state index in [1.54, 1.807) is 67.6 Å². The lowest BCUT2D eigenvalue weighted by Crippen LogP contribution is -2.53. The van der Waals surface area contributed by atoms with E-state index >= 15 is 0 Å². The van der Waals surface area contributed by atoms with Gasteiger partial charge in [0.05, 0.1) is 44.2 Å². The molecule has 0 aromatic heterocycles. The highest BCUT2D eigenvalue weighted by Crippen LogP contribution is 2.49. The summed E-state index contributed by atoms with van der Waals surface area (Å²) in [5, 5.41) is 7.46. The highest BCUT2D eigenvalue weighted by Gasteiger charge is 2.49. The summed E-state index contributed by atoms with van der Waals surface area (Å²) in [6, 6.07) is 7.77. The molecule has 2 aromatic rings. The number of nitrogens with zero attached hydrogens (tertiary/aromatic N) is 3. The van der Waals surface area contributed by atoms with Crippen molar-refractivity contribution in [3.8, 4) is 0 Å². The average Bonchev–Trinajstić information content (AvgIpc) is 3.59. The van der Waals surface area contributed by atoms with E-state index in [4.69, 9.17) is 0 Å². The van der Waals surface area contributed by atoms with Crippen molar-refractivity contribution in [2.75, 3.05) is 54.9 Å². The number of fused-ring (bicyclic) bond motifs is 2. The molecule has 0 spiro atoms. The molecule has 0 radical (unpaired) electrons. The van der Waals surface area contributed by atoms with Crippen molar-refractivity contribution in [2.45, 2.75) is 80.4 Å². The molecular weight excluding hydrogens is 1060 g/mol. The molecule has 394 valence electrons. The number of anilines is 1. The van der Waals surface area contributed by atoms with Gasteiger partial charge in [0, 0.05) is 60.6 Å². The quantitative estimate of drug-likeness (QED) is 0.0221. The second-order valence-corrected chi connectivity index (χ2v) is 26.2. The Hall–Kier alpha value is -4.84. The minimum atomic E-state index is -4.68. The maximum absolute atomic E-state index is 14.6. The third-order valence-electron chi connectivity index (χ3n) is 12.5. The van der Waals surface area contributed by atoms with Crippen LogP contribution in [0.25, 0.3) is 0 Å². The summed E-state index contributed by atoms with van der Waals surface area (Å²) in [6.45, 7) is 6.52.